The van der Waals surface area contributed by atoms with E-state index in [1.165, 1.54) is 29.4 Å². The van der Waals surface area contributed by atoms with E-state index < -0.39 is 30.4 Å². The first-order chi connectivity index (χ1) is 16.1. The molecule has 1 fully saturated rings. The van der Waals surface area contributed by atoms with E-state index in [1.807, 2.05) is 24.3 Å². The first-order valence-corrected chi connectivity index (χ1v) is 10.5. The number of hydroxylamine groups is 1. The Balaban J connectivity index is 1.56. The fourth-order valence-corrected chi connectivity index (χ4v) is 3.58. The molecule has 3 rings (SSSR count). The van der Waals surface area contributed by atoms with Gasteiger partial charge in [0.25, 0.3) is 5.91 Å². The maximum atomic E-state index is 12.4. The topological polar surface area (TPSA) is 114 Å². The number of ether oxygens (including phenoxy) is 1. The van der Waals surface area contributed by atoms with Gasteiger partial charge in [-0.05, 0) is 42.3 Å². The number of aliphatic hydroxyl groups excluding tert-OH is 1. The second-order valence-electron chi connectivity index (χ2n) is 7.74. The van der Waals surface area contributed by atoms with Gasteiger partial charge in [0.05, 0.1) is 6.10 Å². The van der Waals surface area contributed by atoms with Gasteiger partial charge in [-0.25, -0.2) is 10.3 Å². The van der Waals surface area contributed by atoms with Gasteiger partial charge in [0.2, 0.25) is 0 Å². The molecule has 0 spiro atoms. The fraction of sp³-hybridized carbons (Fsp3) is 0.364. The summed E-state index contributed by atoms with van der Waals surface area (Å²) in [5.41, 5.74) is 3.90. The van der Waals surface area contributed by atoms with Gasteiger partial charge in [0.1, 0.15) is 11.8 Å². The van der Waals surface area contributed by atoms with Crippen LogP contribution in [0.5, 0.6) is 5.75 Å². The lowest BCUT2D eigenvalue weighted by molar-refractivity contribution is -0.274. The quantitative estimate of drug-likeness (QED) is 0.371. The molecule has 1 heterocycles. The summed E-state index contributed by atoms with van der Waals surface area (Å²) in [6.45, 7) is 3.14. The van der Waals surface area contributed by atoms with Crippen LogP contribution >= 0.6 is 0 Å². The molecule has 12 heteroatoms. The molecule has 0 radical (unpaired) electrons. The Morgan fingerprint density at radius 3 is 1.97 bits per heavy atom. The maximum absolute atomic E-state index is 12.4. The highest BCUT2D eigenvalue weighted by Crippen LogP contribution is 2.28. The molecule has 1 saturated heterocycles. The van der Waals surface area contributed by atoms with Crippen LogP contribution < -0.4 is 20.4 Å². The number of halogens is 3. The lowest BCUT2D eigenvalue weighted by Gasteiger charge is -2.36. The molecule has 2 aromatic carbocycles. The number of piperazine rings is 1. The van der Waals surface area contributed by atoms with E-state index in [1.54, 1.807) is 12.1 Å². The van der Waals surface area contributed by atoms with Gasteiger partial charge in [0, 0.05) is 31.9 Å². The van der Waals surface area contributed by atoms with Gasteiger partial charge in [-0.3, -0.25) is 10.0 Å². The lowest BCUT2D eigenvalue weighted by Crippen LogP contribution is -2.58. The summed E-state index contributed by atoms with van der Waals surface area (Å²) in [7, 11) is 0. The summed E-state index contributed by atoms with van der Waals surface area (Å²) >= 11 is 0. The Labute approximate surface area is 193 Å². The van der Waals surface area contributed by atoms with Crippen LogP contribution in [0.3, 0.4) is 0 Å². The monoisotopic (exact) mass is 482 g/mol. The van der Waals surface area contributed by atoms with Gasteiger partial charge in [-0.15, -0.1) is 13.2 Å². The van der Waals surface area contributed by atoms with Crippen molar-refractivity contribution in [3.05, 3.63) is 48.5 Å². The number of urea groups is 1. The molecule has 0 aromatic heterocycles. The van der Waals surface area contributed by atoms with Gasteiger partial charge < -0.3 is 25.0 Å². The van der Waals surface area contributed by atoms with Crippen molar-refractivity contribution in [3.63, 3.8) is 0 Å². The molecule has 3 amide bonds. The van der Waals surface area contributed by atoms with E-state index in [-0.39, 0.29) is 5.75 Å². The number of rotatable bonds is 6. The molecule has 2 aromatic rings. The number of nitrogens with zero attached hydrogens (tertiary/aromatic N) is 2. The molecule has 1 aliphatic rings. The zero-order chi connectivity index (χ0) is 24.9. The molecule has 2 atom stereocenters. The molecule has 184 valence electrons. The highest BCUT2D eigenvalue weighted by molar-refractivity contribution is 5.87. The summed E-state index contributed by atoms with van der Waals surface area (Å²) in [6.07, 6.45) is -5.93. The summed E-state index contributed by atoms with van der Waals surface area (Å²) in [5.74, 6) is -1.20. The van der Waals surface area contributed by atoms with E-state index in [0.29, 0.717) is 26.2 Å². The smallest absolute Gasteiger partial charge is 0.406 e. The predicted molar refractivity (Wildman–Crippen MR) is 116 cm³/mol. The average molecular weight is 482 g/mol. The normalized spacial score (nSPS) is 15.9. The summed E-state index contributed by atoms with van der Waals surface area (Å²) < 4.78 is 40.8. The van der Waals surface area contributed by atoms with E-state index in [4.69, 9.17) is 5.21 Å². The first-order valence-electron chi connectivity index (χ1n) is 10.5. The molecule has 1 aliphatic heterocycles. The number of aliphatic hydroxyl groups is 1. The van der Waals surface area contributed by atoms with E-state index in [2.05, 4.69) is 15.0 Å². The van der Waals surface area contributed by atoms with Crippen molar-refractivity contribution < 1.29 is 37.8 Å². The molecular formula is C22H25F3N4O5. The van der Waals surface area contributed by atoms with Gasteiger partial charge >= 0.3 is 12.4 Å². The molecule has 0 unspecified atom stereocenters. The van der Waals surface area contributed by atoms with Crippen LogP contribution in [0.15, 0.2) is 48.5 Å². The molecule has 0 saturated carbocycles. The standard InChI is InChI=1S/C22H25F3N4O5/c1-14(30)19(20(31)27-33)26-21(32)29-12-10-28(11-13-29)17-6-2-15(3-7-17)16-4-8-18(9-5-16)34-22(23,24)25/h2-9,14,19,30,33H,10-13H2,1H3,(H,26,32)(H,27,31)/t14-,19+/m0/s1. The number of hydrogen-bond donors (Lipinski definition) is 4. The summed E-state index contributed by atoms with van der Waals surface area (Å²) in [4.78, 5) is 27.6. The predicted octanol–water partition coefficient (Wildman–Crippen LogP) is 2.34. The lowest BCUT2D eigenvalue weighted by atomic mass is 10.0. The van der Waals surface area contributed by atoms with Crippen LogP contribution in [0.25, 0.3) is 11.1 Å². The minimum Gasteiger partial charge on any atom is -0.406 e. The number of amides is 3. The third-order valence-corrected chi connectivity index (χ3v) is 5.37. The fourth-order valence-electron chi connectivity index (χ4n) is 3.58. The number of benzene rings is 2. The Morgan fingerprint density at radius 1 is 0.971 bits per heavy atom. The number of hydrogen-bond acceptors (Lipinski definition) is 6. The third kappa shape index (κ3) is 6.51. The zero-order valence-electron chi connectivity index (χ0n) is 18.2. The van der Waals surface area contributed by atoms with Crippen molar-refractivity contribution in [2.24, 2.45) is 0 Å². The number of alkyl halides is 3. The van der Waals surface area contributed by atoms with Gasteiger partial charge in [0.15, 0.2) is 0 Å². The van der Waals surface area contributed by atoms with Crippen LogP contribution in [-0.4, -0.2) is 71.8 Å². The number of nitrogens with one attached hydrogen (secondary N) is 2. The van der Waals surface area contributed by atoms with Crippen LogP contribution in [-0.2, 0) is 4.79 Å². The molecule has 0 aliphatic carbocycles. The Hall–Kier alpha value is -3.51. The molecule has 0 bridgehead atoms. The minimum atomic E-state index is -4.74. The maximum Gasteiger partial charge on any atom is 0.573 e. The highest BCUT2D eigenvalue weighted by atomic mass is 19.4. The average Bonchev–Trinajstić information content (AvgIpc) is 2.81. The van der Waals surface area contributed by atoms with Crippen molar-refractivity contribution in [2.45, 2.75) is 25.4 Å². The molecular weight excluding hydrogens is 457 g/mol. The first kappa shape index (κ1) is 25.1. The SMILES string of the molecule is C[C@H](O)[C@@H](NC(=O)N1CCN(c2ccc(-c3ccc(OC(F)(F)F)cc3)cc2)CC1)C(=O)NO. The van der Waals surface area contributed by atoms with Crippen molar-refractivity contribution in [3.8, 4) is 16.9 Å². The Morgan fingerprint density at radius 2 is 1.50 bits per heavy atom. The summed E-state index contributed by atoms with van der Waals surface area (Å²) in [6, 6.07) is 11.3. The third-order valence-electron chi connectivity index (χ3n) is 5.37. The van der Waals surface area contributed by atoms with Crippen molar-refractivity contribution >= 4 is 17.6 Å². The molecule has 34 heavy (non-hydrogen) atoms. The largest absolute Gasteiger partial charge is 0.573 e. The van der Waals surface area contributed by atoms with E-state index in [0.717, 1.165) is 16.8 Å². The van der Waals surface area contributed by atoms with Gasteiger partial charge in [-0.1, -0.05) is 24.3 Å². The highest BCUT2D eigenvalue weighted by Gasteiger charge is 2.31. The number of anilines is 1. The number of carbonyl (C=O) groups excluding carboxylic acids is 2. The minimum absolute atomic E-state index is 0.286. The van der Waals surface area contributed by atoms with Crippen LogP contribution in [0.4, 0.5) is 23.7 Å². The van der Waals surface area contributed by atoms with E-state index in [9.17, 15) is 27.9 Å². The Kier molecular flexibility index (Phi) is 7.84. The van der Waals surface area contributed by atoms with Crippen LogP contribution in [0, 0.1) is 0 Å². The van der Waals surface area contributed by atoms with Crippen molar-refractivity contribution in [1.82, 2.24) is 15.7 Å². The van der Waals surface area contributed by atoms with Crippen LogP contribution in [0.1, 0.15) is 6.92 Å². The molecule has 4 N–H and O–H groups in total. The van der Waals surface area contributed by atoms with Gasteiger partial charge in [-0.2, -0.15) is 0 Å². The summed E-state index contributed by atoms with van der Waals surface area (Å²) in [5, 5.41) is 20.8. The molecule has 9 nitrogen and oxygen atoms in total. The van der Waals surface area contributed by atoms with Crippen LogP contribution in [0.2, 0.25) is 0 Å². The van der Waals surface area contributed by atoms with E-state index >= 15 is 0 Å². The van der Waals surface area contributed by atoms with Crippen molar-refractivity contribution in [1.29, 1.82) is 0 Å². The van der Waals surface area contributed by atoms with Crippen molar-refractivity contribution in [2.75, 3.05) is 31.1 Å². The zero-order valence-corrected chi connectivity index (χ0v) is 18.2. The number of carbonyl (C=O) groups is 2. The Bertz CT molecular complexity index is 976. The second-order valence-corrected chi connectivity index (χ2v) is 7.74. The second kappa shape index (κ2) is 10.6.